The van der Waals surface area contributed by atoms with Crippen molar-refractivity contribution in [3.05, 3.63) is 63.6 Å². The van der Waals surface area contributed by atoms with Crippen LogP contribution in [0.4, 0.5) is 5.69 Å². The maximum Gasteiger partial charge on any atom is 0.252 e. The first-order valence-electron chi connectivity index (χ1n) is 12.0. The van der Waals surface area contributed by atoms with Gasteiger partial charge in [-0.15, -0.1) is 0 Å². The Labute approximate surface area is 223 Å². The van der Waals surface area contributed by atoms with Gasteiger partial charge >= 0.3 is 0 Å². The van der Waals surface area contributed by atoms with Crippen LogP contribution in [0.5, 0.6) is 0 Å². The Bertz CT molecular complexity index is 1160. The summed E-state index contributed by atoms with van der Waals surface area (Å²) < 4.78 is 13.7. The third-order valence-electron chi connectivity index (χ3n) is 7.41. The van der Waals surface area contributed by atoms with E-state index in [4.69, 9.17) is 42.0 Å². The summed E-state index contributed by atoms with van der Waals surface area (Å²) in [5.74, 6) is 0.507. The van der Waals surface area contributed by atoms with E-state index in [1.54, 1.807) is 0 Å². The highest BCUT2D eigenvalue weighted by Gasteiger charge is 2.45. The van der Waals surface area contributed by atoms with Crippen LogP contribution < -0.4 is 0 Å². The molecule has 0 bridgehead atoms. The molecule has 0 aromatic heterocycles. The molecule has 8 heteroatoms. The molecule has 1 aliphatic rings. The van der Waals surface area contributed by atoms with Crippen molar-refractivity contribution in [1.29, 1.82) is 0 Å². The number of fused-ring (bicyclic) bond motifs is 1. The molecule has 0 saturated carbocycles. The van der Waals surface area contributed by atoms with Crippen LogP contribution in [0.3, 0.4) is 0 Å². The highest BCUT2D eigenvalue weighted by molar-refractivity contribution is 6.76. The smallest absolute Gasteiger partial charge is 0.252 e. The Kier molecular flexibility index (Phi) is 7.86. The van der Waals surface area contributed by atoms with Crippen molar-refractivity contribution in [2.24, 2.45) is 9.98 Å². The summed E-state index contributed by atoms with van der Waals surface area (Å²) in [4.78, 5) is 10.2. The van der Waals surface area contributed by atoms with Crippen molar-refractivity contribution in [3.8, 4) is 0 Å². The Morgan fingerprint density at radius 3 is 1.97 bits per heavy atom. The molecule has 3 rings (SSSR count). The molecule has 0 amide bonds. The molecule has 35 heavy (non-hydrogen) atoms. The van der Waals surface area contributed by atoms with Gasteiger partial charge < -0.3 is 8.85 Å². The van der Waals surface area contributed by atoms with Crippen molar-refractivity contribution in [2.75, 3.05) is 0 Å². The second-order valence-corrected chi connectivity index (χ2v) is 22.5. The second-order valence-electron chi connectivity index (χ2n) is 12.2. The van der Waals surface area contributed by atoms with Gasteiger partial charge in [0.1, 0.15) is 0 Å². The van der Waals surface area contributed by atoms with E-state index < -0.39 is 22.9 Å². The first kappa shape index (κ1) is 28.1. The Morgan fingerprint density at radius 2 is 1.40 bits per heavy atom. The zero-order valence-electron chi connectivity index (χ0n) is 22.6. The highest BCUT2D eigenvalue weighted by atomic mass is 35.5. The van der Waals surface area contributed by atoms with Gasteiger partial charge in [-0.2, -0.15) is 0 Å². The van der Waals surface area contributed by atoms with Gasteiger partial charge in [-0.1, -0.05) is 82.9 Å². The largest absolute Gasteiger partial charge is 0.530 e. The molecule has 0 spiro atoms. The fourth-order valence-electron chi connectivity index (χ4n) is 3.10. The number of hydrogen-bond donors (Lipinski definition) is 0. The summed E-state index contributed by atoms with van der Waals surface area (Å²) in [6.45, 7) is 22.2. The van der Waals surface area contributed by atoms with E-state index in [1.165, 1.54) is 0 Å². The predicted molar refractivity (Wildman–Crippen MR) is 156 cm³/mol. The van der Waals surface area contributed by atoms with E-state index in [-0.39, 0.29) is 10.1 Å². The number of nitrogens with zero attached hydrogens (tertiary/aromatic N) is 2. The molecule has 190 valence electrons. The third-order valence-corrected chi connectivity index (χ3v) is 16.7. The summed E-state index contributed by atoms with van der Waals surface area (Å²) in [6, 6.07) is 13.3. The first-order chi connectivity index (χ1) is 15.9. The fraction of sp³-hybridized carbons (Fsp3) is 0.481. The Balaban J connectivity index is 2.29. The molecule has 1 atom stereocenters. The molecule has 0 saturated heterocycles. The number of benzene rings is 2. The fourth-order valence-corrected chi connectivity index (χ4v) is 5.54. The van der Waals surface area contributed by atoms with E-state index in [0.29, 0.717) is 21.7 Å². The SMILES string of the molecule is CC(C)(C)[Si](C)(C)OC1=Nc2ccc(Cl)cc2C(c2ccccc2Cl)=NC1O[Si](C)(C)C(C)(C)C. The molecule has 2 aromatic rings. The van der Waals surface area contributed by atoms with Crippen LogP contribution in [-0.2, 0) is 8.85 Å². The van der Waals surface area contributed by atoms with Gasteiger partial charge in [0.2, 0.25) is 12.1 Å². The average Bonchev–Trinajstić information content (AvgIpc) is 2.83. The van der Waals surface area contributed by atoms with Crippen LogP contribution in [-0.4, -0.2) is 34.5 Å². The van der Waals surface area contributed by atoms with E-state index in [2.05, 4.69) is 67.7 Å². The lowest BCUT2D eigenvalue weighted by molar-refractivity contribution is 0.228. The summed E-state index contributed by atoms with van der Waals surface area (Å²) in [5, 5.41) is 1.19. The molecular formula is C27H38Cl2N2O2Si2. The van der Waals surface area contributed by atoms with Crippen LogP contribution in [0.25, 0.3) is 0 Å². The number of halogens is 2. The maximum atomic E-state index is 6.89. The molecule has 1 aliphatic heterocycles. The van der Waals surface area contributed by atoms with Gasteiger partial charge in [-0.05, 0) is 60.5 Å². The lowest BCUT2D eigenvalue weighted by Gasteiger charge is -2.41. The number of rotatable bonds is 4. The van der Waals surface area contributed by atoms with E-state index in [1.807, 2.05) is 42.5 Å². The molecule has 2 aromatic carbocycles. The summed E-state index contributed by atoms with van der Waals surface area (Å²) in [6.07, 6.45) is -0.692. The standard InChI is InChI=1S/C27H38Cl2N2O2Si2/c1-26(2,3)34(7,8)32-24-25(33-35(9,10)27(4,5)6)31-23(19-13-11-12-14-21(19)29)20-17-18(28)15-16-22(20)30-24/h11-17,25H,1-10H3. The monoisotopic (exact) mass is 548 g/mol. The zero-order chi connectivity index (χ0) is 26.4. The van der Waals surface area contributed by atoms with Gasteiger partial charge in [0.15, 0.2) is 8.32 Å². The van der Waals surface area contributed by atoms with Gasteiger partial charge in [0, 0.05) is 21.2 Å². The molecule has 1 heterocycles. The molecule has 0 N–H and O–H groups in total. The van der Waals surface area contributed by atoms with Crippen LogP contribution in [0.2, 0.25) is 46.3 Å². The van der Waals surface area contributed by atoms with Crippen LogP contribution in [0.15, 0.2) is 52.4 Å². The van der Waals surface area contributed by atoms with Crippen molar-refractivity contribution >= 4 is 57.1 Å². The minimum Gasteiger partial charge on any atom is -0.530 e. The Hall–Kier alpha value is -1.45. The topological polar surface area (TPSA) is 43.2 Å². The third kappa shape index (κ3) is 6.11. The molecule has 4 nitrogen and oxygen atoms in total. The van der Waals surface area contributed by atoms with Crippen LogP contribution >= 0.6 is 23.2 Å². The lowest BCUT2D eigenvalue weighted by Crippen LogP contribution is -2.49. The quantitative estimate of drug-likeness (QED) is 0.357. The second kappa shape index (κ2) is 9.78. The zero-order valence-corrected chi connectivity index (χ0v) is 26.1. The van der Waals surface area contributed by atoms with Crippen molar-refractivity contribution in [1.82, 2.24) is 0 Å². The van der Waals surface area contributed by atoms with E-state index in [0.717, 1.165) is 16.8 Å². The molecular weight excluding hydrogens is 511 g/mol. The van der Waals surface area contributed by atoms with Crippen molar-refractivity contribution < 1.29 is 8.85 Å². The summed E-state index contributed by atoms with van der Waals surface area (Å²) in [5.41, 5.74) is 3.06. The first-order valence-corrected chi connectivity index (χ1v) is 18.6. The van der Waals surface area contributed by atoms with Crippen LogP contribution in [0.1, 0.15) is 52.7 Å². The van der Waals surface area contributed by atoms with Gasteiger partial charge in [-0.25, -0.2) is 9.98 Å². The Morgan fingerprint density at radius 1 is 0.800 bits per heavy atom. The van der Waals surface area contributed by atoms with Crippen LogP contribution in [0, 0.1) is 0 Å². The molecule has 0 radical (unpaired) electrons. The highest BCUT2D eigenvalue weighted by Crippen LogP contribution is 2.41. The number of hydrogen-bond acceptors (Lipinski definition) is 4. The van der Waals surface area contributed by atoms with Crippen molar-refractivity contribution in [2.45, 2.75) is 84.0 Å². The molecule has 1 unspecified atom stereocenters. The summed E-state index contributed by atoms with van der Waals surface area (Å²) >= 11 is 13.1. The van der Waals surface area contributed by atoms with Gasteiger partial charge in [0.25, 0.3) is 8.32 Å². The average molecular weight is 550 g/mol. The maximum absolute atomic E-state index is 6.89. The minimum absolute atomic E-state index is 0.0124. The van der Waals surface area contributed by atoms with E-state index in [9.17, 15) is 0 Å². The van der Waals surface area contributed by atoms with Gasteiger partial charge in [-0.3, -0.25) is 0 Å². The minimum atomic E-state index is -2.25. The molecule has 0 aliphatic carbocycles. The summed E-state index contributed by atoms with van der Waals surface area (Å²) in [7, 11) is -4.49. The normalized spacial score (nSPS) is 17.3. The number of aliphatic imine (C=N–C) groups is 2. The lowest BCUT2D eigenvalue weighted by atomic mass is 10.0. The van der Waals surface area contributed by atoms with Crippen molar-refractivity contribution in [3.63, 3.8) is 0 Å². The predicted octanol–water partition coefficient (Wildman–Crippen LogP) is 9.24. The van der Waals surface area contributed by atoms with Gasteiger partial charge in [0.05, 0.1) is 11.4 Å². The van der Waals surface area contributed by atoms with E-state index >= 15 is 0 Å². The molecule has 0 fully saturated rings.